The average Bonchev–Trinajstić information content (AvgIpc) is 2.79. The third-order valence-electron chi connectivity index (χ3n) is 3.10. The van der Waals surface area contributed by atoms with Gasteiger partial charge in [0.05, 0.1) is 11.7 Å². The van der Waals surface area contributed by atoms with Gasteiger partial charge in [-0.15, -0.1) is 0 Å². The molecular formula is C13H14FIO3. The van der Waals surface area contributed by atoms with Crippen molar-refractivity contribution in [1.29, 1.82) is 0 Å². The molecule has 1 saturated carbocycles. The van der Waals surface area contributed by atoms with Gasteiger partial charge in [-0.1, -0.05) is 0 Å². The summed E-state index contributed by atoms with van der Waals surface area (Å²) < 4.78 is 24.5. The summed E-state index contributed by atoms with van der Waals surface area (Å²) >= 11 is 1.99. The minimum atomic E-state index is -0.479. The van der Waals surface area contributed by atoms with E-state index < -0.39 is 11.8 Å². The van der Waals surface area contributed by atoms with Crippen molar-refractivity contribution < 1.29 is 18.7 Å². The van der Waals surface area contributed by atoms with Crippen molar-refractivity contribution in [1.82, 2.24) is 0 Å². The van der Waals surface area contributed by atoms with Gasteiger partial charge in [0.25, 0.3) is 0 Å². The number of methoxy groups -OCH3 is 1. The molecule has 0 spiro atoms. The Bertz CT molecular complexity index is 450. The van der Waals surface area contributed by atoms with Crippen LogP contribution in [0.15, 0.2) is 18.2 Å². The molecule has 1 fully saturated rings. The highest BCUT2D eigenvalue weighted by molar-refractivity contribution is 14.1. The lowest BCUT2D eigenvalue weighted by Crippen LogP contribution is -2.28. The largest absolute Gasteiger partial charge is 0.456 e. The molecule has 0 unspecified atom stereocenters. The lowest BCUT2D eigenvalue weighted by molar-refractivity contribution is -0.0207. The van der Waals surface area contributed by atoms with Gasteiger partial charge < -0.3 is 9.47 Å². The van der Waals surface area contributed by atoms with Crippen LogP contribution in [0, 0.1) is 9.39 Å². The van der Waals surface area contributed by atoms with Crippen molar-refractivity contribution in [3.63, 3.8) is 0 Å². The van der Waals surface area contributed by atoms with Crippen LogP contribution in [0.3, 0.4) is 0 Å². The summed E-state index contributed by atoms with van der Waals surface area (Å²) in [6, 6.07) is 4.10. The Balaban J connectivity index is 2.09. The fraction of sp³-hybridized carbons (Fsp3) is 0.462. The van der Waals surface area contributed by atoms with E-state index in [9.17, 15) is 9.18 Å². The maximum atomic E-state index is 13.1. The Labute approximate surface area is 119 Å². The number of halogens is 2. The van der Waals surface area contributed by atoms with Crippen molar-refractivity contribution in [3.05, 3.63) is 33.1 Å². The molecule has 0 bridgehead atoms. The fourth-order valence-electron chi connectivity index (χ4n) is 2.15. The Kier molecular flexibility index (Phi) is 4.55. The molecule has 0 aliphatic heterocycles. The van der Waals surface area contributed by atoms with Crippen molar-refractivity contribution in [2.75, 3.05) is 7.11 Å². The first-order valence-corrected chi connectivity index (χ1v) is 6.88. The number of ether oxygens (including phenoxy) is 2. The lowest BCUT2D eigenvalue weighted by atomic mass is 10.2. The second kappa shape index (κ2) is 5.97. The number of carbonyl (C=O) groups is 1. The van der Waals surface area contributed by atoms with Gasteiger partial charge in [-0.05, 0) is 60.1 Å². The van der Waals surface area contributed by atoms with Gasteiger partial charge in [-0.25, -0.2) is 9.18 Å². The van der Waals surface area contributed by atoms with Gasteiger partial charge in [0.2, 0.25) is 0 Å². The molecule has 0 saturated heterocycles. The SMILES string of the molecule is CO[C@H]1CCC[C@@H]1OC(=O)c1cc(F)ccc1I. The van der Waals surface area contributed by atoms with Crippen LogP contribution >= 0.6 is 22.6 Å². The zero-order valence-electron chi connectivity index (χ0n) is 9.99. The molecule has 1 aromatic carbocycles. The number of hydrogen-bond acceptors (Lipinski definition) is 3. The topological polar surface area (TPSA) is 35.5 Å². The summed E-state index contributed by atoms with van der Waals surface area (Å²) in [5, 5.41) is 0. The molecule has 1 aliphatic rings. The summed E-state index contributed by atoms with van der Waals surface area (Å²) in [4.78, 5) is 12.0. The van der Waals surface area contributed by atoms with Gasteiger partial charge in [-0.3, -0.25) is 0 Å². The predicted molar refractivity (Wildman–Crippen MR) is 73.0 cm³/mol. The van der Waals surface area contributed by atoms with E-state index in [0.717, 1.165) is 19.3 Å². The predicted octanol–water partition coefficient (Wildman–Crippen LogP) is 3.15. The van der Waals surface area contributed by atoms with Gasteiger partial charge in [0.15, 0.2) is 0 Å². The normalized spacial score (nSPS) is 23.1. The van der Waals surface area contributed by atoms with Crippen LogP contribution in [0.1, 0.15) is 29.6 Å². The highest BCUT2D eigenvalue weighted by atomic mass is 127. The maximum Gasteiger partial charge on any atom is 0.339 e. The Morgan fingerprint density at radius 3 is 2.83 bits per heavy atom. The molecule has 0 aromatic heterocycles. The monoisotopic (exact) mass is 364 g/mol. The highest BCUT2D eigenvalue weighted by Gasteiger charge is 2.31. The van der Waals surface area contributed by atoms with E-state index >= 15 is 0 Å². The third-order valence-corrected chi connectivity index (χ3v) is 4.04. The number of hydrogen-bond donors (Lipinski definition) is 0. The van der Waals surface area contributed by atoms with Gasteiger partial charge >= 0.3 is 5.97 Å². The first-order valence-electron chi connectivity index (χ1n) is 5.80. The van der Waals surface area contributed by atoms with E-state index in [-0.39, 0.29) is 17.8 Å². The highest BCUT2D eigenvalue weighted by Crippen LogP contribution is 2.26. The summed E-state index contributed by atoms with van der Waals surface area (Å²) in [7, 11) is 1.61. The van der Waals surface area contributed by atoms with Crippen LogP contribution in [0.2, 0.25) is 0 Å². The van der Waals surface area contributed by atoms with Crippen molar-refractivity contribution in [2.24, 2.45) is 0 Å². The van der Waals surface area contributed by atoms with Crippen LogP contribution in [0.4, 0.5) is 4.39 Å². The molecule has 1 aliphatic carbocycles. The first kappa shape index (κ1) is 13.7. The van der Waals surface area contributed by atoms with Gasteiger partial charge in [0.1, 0.15) is 11.9 Å². The van der Waals surface area contributed by atoms with E-state index in [1.54, 1.807) is 13.2 Å². The zero-order chi connectivity index (χ0) is 13.1. The molecule has 0 radical (unpaired) electrons. The first-order chi connectivity index (χ1) is 8.61. The average molecular weight is 364 g/mol. The smallest absolute Gasteiger partial charge is 0.339 e. The van der Waals surface area contributed by atoms with Gasteiger partial charge in [0, 0.05) is 10.7 Å². The van der Waals surface area contributed by atoms with Crippen molar-refractivity contribution in [2.45, 2.75) is 31.5 Å². The minimum absolute atomic E-state index is 0.0415. The van der Waals surface area contributed by atoms with Crippen LogP contribution in [-0.4, -0.2) is 25.3 Å². The van der Waals surface area contributed by atoms with Crippen molar-refractivity contribution >= 4 is 28.6 Å². The molecule has 0 heterocycles. The van der Waals surface area contributed by atoms with Crippen LogP contribution < -0.4 is 0 Å². The molecular weight excluding hydrogens is 350 g/mol. The number of esters is 1. The van der Waals surface area contributed by atoms with E-state index in [4.69, 9.17) is 9.47 Å². The second-order valence-electron chi connectivity index (χ2n) is 4.27. The molecule has 1 aromatic rings. The van der Waals surface area contributed by atoms with Crippen LogP contribution in [0.5, 0.6) is 0 Å². The molecule has 98 valence electrons. The van der Waals surface area contributed by atoms with Crippen LogP contribution in [0.25, 0.3) is 0 Å². The molecule has 0 amide bonds. The molecule has 2 rings (SSSR count). The van der Waals surface area contributed by atoms with E-state index in [1.165, 1.54) is 12.1 Å². The summed E-state index contributed by atoms with van der Waals surface area (Å²) in [5.41, 5.74) is 0.275. The van der Waals surface area contributed by atoms with E-state index in [1.807, 2.05) is 22.6 Å². The third kappa shape index (κ3) is 3.00. The molecule has 2 atom stereocenters. The zero-order valence-corrected chi connectivity index (χ0v) is 12.1. The summed E-state index contributed by atoms with van der Waals surface area (Å²) in [6.07, 6.45) is 2.42. The van der Waals surface area contributed by atoms with E-state index in [2.05, 4.69) is 0 Å². The summed E-state index contributed by atoms with van der Waals surface area (Å²) in [5.74, 6) is -0.912. The molecule has 0 N–H and O–H groups in total. The minimum Gasteiger partial charge on any atom is -0.456 e. The van der Waals surface area contributed by atoms with Crippen molar-refractivity contribution in [3.8, 4) is 0 Å². The quantitative estimate of drug-likeness (QED) is 0.611. The maximum absolute atomic E-state index is 13.1. The second-order valence-corrected chi connectivity index (χ2v) is 5.44. The number of benzene rings is 1. The number of carbonyl (C=O) groups excluding carboxylic acids is 1. The fourth-order valence-corrected chi connectivity index (χ4v) is 2.71. The van der Waals surface area contributed by atoms with E-state index in [0.29, 0.717) is 3.57 Å². The Morgan fingerprint density at radius 1 is 1.39 bits per heavy atom. The van der Waals surface area contributed by atoms with Gasteiger partial charge in [-0.2, -0.15) is 0 Å². The summed E-state index contributed by atoms with van der Waals surface area (Å²) in [6.45, 7) is 0. The Morgan fingerprint density at radius 2 is 2.11 bits per heavy atom. The molecule has 3 nitrogen and oxygen atoms in total. The molecule has 5 heteroatoms. The lowest BCUT2D eigenvalue weighted by Gasteiger charge is -2.19. The van der Waals surface area contributed by atoms with Crippen LogP contribution in [-0.2, 0) is 9.47 Å². The number of rotatable bonds is 3. The standard InChI is InChI=1S/C13H14FIO3/c1-17-11-3-2-4-12(11)18-13(16)9-7-8(14)5-6-10(9)15/h5-7,11-12H,2-4H2,1H3/t11-,12-/m0/s1. The molecule has 18 heavy (non-hydrogen) atoms. The Hall–Kier alpha value is -0.690.